The lowest BCUT2D eigenvalue weighted by Gasteiger charge is -2.27. The monoisotopic (exact) mass is 854 g/mol. The normalized spacial score (nSPS) is 13.2. The minimum Gasteiger partial charge on any atom is -0.508 e. The van der Waals surface area contributed by atoms with Gasteiger partial charge in [0.15, 0.2) is 11.9 Å². The Balaban J connectivity index is 2.29. The first-order valence-electron chi connectivity index (χ1n) is 19.5. The standard InChI is InChI=1S/C38H58N14O9/c1-21(2)17-29(35(58)50-28(6-4-16-46-38(43)44)34(57)49-27(32(40)55)5-3-15-45-37(41)42)51-36(59)30(19-23-7-11-24(12-8-23)52(60)61)48-31(54)20-47-33(56)26(39)18-22-9-13-25(53)14-10-22/h7-14,21,26-30,53H,3-6,15-20,39H2,1-2H3,(H2,40,55)(H,47,56)(H,48,54)(H,49,57)(H,50,58)(H,51,59)(H4,41,42,45)(H4,43,44,46)/t26-,27+,28+,29-,30-/m0/s1. The number of phenols is 1. The van der Waals surface area contributed by atoms with Crippen molar-refractivity contribution in [3.05, 3.63) is 69.8 Å². The largest absolute Gasteiger partial charge is 0.508 e. The number of nitrogens with one attached hydrogen (secondary N) is 9. The highest BCUT2D eigenvalue weighted by atomic mass is 16.6. The van der Waals surface area contributed by atoms with Crippen LogP contribution in [0.3, 0.4) is 0 Å². The number of rotatable bonds is 26. The summed E-state index contributed by atoms with van der Waals surface area (Å²) in [6, 6.07) is 5.20. The Labute approximate surface area is 352 Å². The van der Waals surface area contributed by atoms with Gasteiger partial charge in [0.25, 0.3) is 5.69 Å². The molecule has 2 rings (SSSR count). The molecule has 0 saturated carbocycles. The second-order valence-electron chi connectivity index (χ2n) is 14.6. The van der Waals surface area contributed by atoms with Crippen LogP contribution in [0, 0.1) is 26.9 Å². The summed E-state index contributed by atoms with van der Waals surface area (Å²) in [5.74, 6) is -5.43. The maximum atomic E-state index is 14.0. The van der Waals surface area contributed by atoms with Gasteiger partial charge < -0.3 is 65.3 Å². The van der Waals surface area contributed by atoms with Gasteiger partial charge >= 0.3 is 0 Å². The van der Waals surface area contributed by atoms with Gasteiger partial charge in [-0.15, -0.1) is 0 Å². The number of guanidine groups is 2. The molecule has 0 radical (unpaired) electrons. The van der Waals surface area contributed by atoms with Crippen molar-refractivity contribution < 1.29 is 38.8 Å². The van der Waals surface area contributed by atoms with Crippen molar-refractivity contribution in [3.8, 4) is 5.75 Å². The molecule has 2 aromatic rings. The Bertz CT molecular complexity index is 1840. The number of phenolic OH excluding ortho intramolecular Hbond substituents is 1. The summed E-state index contributed by atoms with van der Waals surface area (Å²) >= 11 is 0. The van der Waals surface area contributed by atoms with Crippen LogP contribution in [0.2, 0.25) is 0 Å². The summed E-state index contributed by atoms with van der Waals surface area (Å²) in [5, 5.41) is 53.4. The fourth-order valence-electron chi connectivity index (χ4n) is 5.85. The lowest BCUT2D eigenvalue weighted by atomic mass is 10.00. The first-order chi connectivity index (χ1) is 28.7. The first-order valence-corrected chi connectivity index (χ1v) is 19.5. The van der Waals surface area contributed by atoms with Crippen LogP contribution in [0.25, 0.3) is 0 Å². The summed E-state index contributed by atoms with van der Waals surface area (Å²) in [4.78, 5) is 90.3. The number of non-ortho nitro benzene ring substituents is 1. The van der Waals surface area contributed by atoms with Crippen molar-refractivity contribution in [2.45, 2.75) is 89.0 Å². The van der Waals surface area contributed by atoms with E-state index in [1.54, 1.807) is 26.0 Å². The topological polar surface area (TPSA) is 402 Å². The molecule has 0 spiro atoms. The summed E-state index contributed by atoms with van der Waals surface area (Å²) in [6.07, 6.45) is 0.585. The van der Waals surface area contributed by atoms with Crippen LogP contribution in [0.1, 0.15) is 57.1 Å². The van der Waals surface area contributed by atoms with E-state index in [2.05, 4.69) is 37.2 Å². The molecule has 0 saturated heterocycles. The Morgan fingerprint density at radius 2 is 1.15 bits per heavy atom. The van der Waals surface area contributed by atoms with Crippen LogP contribution in [0.5, 0.6) is 5.75 Å². The molecule has 0 aromatic heterocycles. The van der Waals surface area contributed by atoms with Gasteiger partial charge in [-0.1, -0.05) is 38.1 Å². The van der Waals surface area contributed by atoms with Gasteiger partial charge in [0.05, 0.1) is 17.5 Å². The highest BCUT2D eigenvalue weighted by molar-refractivity contribution is 5.96. The van der Waals surface area contributed by atoms with E-state index in [1.807, 2.05) is 0 Å². The average Bonchev–Trinajstić information content (AvgIpc) is 3.19. The summed E-state index contributed by atoms with van der Waals surface area (Å²) < 4.78 is 0. The molecule has 6 amide bonds. The number of nitrogens with two attached hydrogens (primary N) is 4. The smallest absolute Gasteiger partial charge is 0.269 e. The van der Waals surface area contributed by atoms with Gasteiger partial charge in [0.2, 0.25) is 35.4 Å². The third kappa shape index (κ3) is 19.5. The summed E-state index contributed by atoms with van der Waals surface area (Å²) in [5.41, 5.74) is 23.1. The molecule has 0 aliphatic rings. The van der Waals surface area contributed by atoms with Crippen LogP contribution in [-0.2, 0) is 41.6 Å². The van der Waals surface area contributed by atoms with Crippen LogP contribution < -0.4 is 60.2 Å². The zero-order valence-electron chi connectivity index (χ0n) is 34.1. The van der Waals surface area contributed by atoms with Crippen LogP contribution in [-0.4, -0.2) is 107 Å². The van der Waals surface area contributed by atoms with Crippen LogP contribution >= 0.6 is 0 Å². The maximum Gasteiger partial charge on any atom is 0.269 e. The van der Waals surface area contributed by atoms with Gasteiger partial charge in [-0.25, -0.2) is 0 Å². The SMILES string of the molecule is CC(C)C[C@H](NC(=O)[C@H](Cc1ccc([N+](=O)[O-])cc1)NC(=O)CNC(=O)[C@@H](N)Cc1ccc(O)cc1)C(=O)N[C@H](CCCNC(=N)N)C(=O)N[C@H](CCCNC(=N)N)C(N)=O. The minimum atomic E-state index is -1.37. The van der Waals surface area contributed by atoms with Crippen molar-refractivity contribution in [3.63, 3.8) is 0 Å². The van der Waals surface area contributed by atoms with Gasteiger partial charge in [0, 0.05) is 31.6 Å². The molecule has 5 atom stereocenters. The van der Waals surface area contributed by atoms with Crippen molar-refractivity contribution >= 4 is 53.0 Å². The molecule has 0 unspecified atom stereocenters. The van der Waals surface area contributed by atoms with E-state index >= 15 is 0 Å². The maximum absolute atomic E-state index is 14.0. The zero-order chi connectivity index (χ0) is 45.6. The molecule has 0 heterocycles. The van der Waals surface area contributed by atoms with E-state index in [4.69, 9.17) is 33.8 Å². The lowest BCUT2D eigenvalue weighted by Crippen LogP contribution is -2.59. The Morgan fingerprint density at radius 3 is 1.67 bits per heavy atom. The van der Waals surface area contributed by atoms with Gasteiger partial charge in [-0.05, 0) is 67.7 Å². The number of aromatic hydroxyl groups is 1. The Kier molecular flexibility index (Phi) is 20.9. The fourth-order valence-corrected chi connectivity index (χ4v) is 5.85. The third-order valence-electron chi connectivity index (χ3n) is 8.99. The molecule has 0 fully saturated rings. The minimum absolute atomic E-state index is 0.000710. The number of hydrogen-bond donors (Lipinski definition) is 14. The number of carbonyl (C=O) groups is 6. The molecular formula is C38H58N14O9. The van der Waals surface area contributed by atoms with Crippen molar-refractivity contribution in [2.75, 3.05) is 19.6 Å². The van der Waals surface area contributed by atoms with Crippen molar-refractivity contribution in [2.24, 2.45) is 28.9 Å². The molecule has 61 heavy (non-hydrogen) atoms. The highest BCUT2D eigenvalue weighted by Crippen LogP contribution is 2.15. The molecule has 23 heteroatoms. The van der Waals surface area contributed by atoms with Gasteiger partial charge in [0.1, 0.15) is 29.9 Å². The zero-order valence-corrected chi connectivity index (χ0v) is 34.1. The van der Waals surface area contributed by atoms with Gasteiger partial charge in [-0.3, -0.25) is 49.7 Å². The predicted molar refractivity (Wildman–Crippen MR) is 224 cm³/mol. The van der Waals surface area contributed by atoms with Crippen LogP contribution in [0.15, 0.2) is 48.5 Å². The molecule has 18 N–H and O–H groups in total. The van der Waals surface area contributed by atoms with E-state index in [0.29, 0.717) is 17.5 Å². The molecule has 2 aromatic carbocycles. The Morgan fingerprint density at radius 1 is 0.672 bits per heavy atom. The van der Waals surface area contributed by atoms with E-state index in [0.717, 1.165) is 0 Å². The number of nitro groups is 1. The predicted octanol–water partition coefficient (Wildman–Crippen LogP) is -2.47. The first kappa shape index (κ1) is 50.1. The number of amides is 6. The second kappa shape index (κ2) is 25.4. The second-order valence-corrected chi connectivity index (χ2v) is 14.6. The number of primary amides is 1. The number of nitro benzene ring substituents is 1. The molecule has 23 nitrogen and oxygen atoms in total. The molecule has 0 aliphatic carbocycles. The number of carbonyl (C=O) groups excluding carboxylic acids is 6. The van der Waals surface area contributed by atoms with E-state index in [1.165, 1.54) is 36.4 Å². The van der Waals surface area contributed by atoms with E-state index < -0.39 is 77.1 Å². The molecule has 0 aliphatic heterocycles. The Hall–Kier alpha value is -7.04. The van der Waals surface area contributed by atoms with E-state index in [-0.39, 0.29) is 80.9 Å². The quantitative estimate of drug-likeness (QED) is 0.0153. The fraction of sp³-hybridized carbons (Fsp3) is 0.474. The summed E-state index contributed by atoms with van der Waals surface area (Å²) in [7, 11) is 0. The number of benzene rings is 2. The van der Waals surface area contributed by atoms with E-state index in [9.17, 15) is 44.0 Å². The average molecular weight is 855 g/mol. The van der Waals surface area contributed by atoms with Crippen molar-refractivity contribution in [1.82, 2.24) is 37.2 Å². The van der Waals surface area contributed by atoms with Crippen molar-refractivity contribution in [1.29, 1.82) is 10.8 Å². The number of hydrogen-bond acceptors (Lipinski definition) is 12. The molecule has 334 valence electrons. The number of nitrogens with zero attached hydrogens (tertiary/aromatic N) is 1. The molecular weight excluding hydrogens is 797 g/mol. The summed E-state index contributed by atoms with van der Waals surface area (Å²) in [6.45, 7) is 3.36. The van der Waals surface area contributed by atoms with Crippen LogP contribution in [0.4, 0.5) is 5.69 Å². The molecule has 0 bridgehead atoms. The lowest BCUT2D eigenvalue weighted by molar-refractivity contribution is -0.384. The van der Waals surface area contributed by atoms with Gasteiger partial charge in [-0.2, -0.15) is 0 Å². The third-order valence-corrected chi connectivity index (χ3v) is 8.99. The highest BCUT2D eigenvalue weighted by Gasteiger charge is 2.32.